The summed E-state index contributed by atoms with van der Waals surface area (Å²) in [5, 5.41) is 13.3. The van der Waals surface area contributed by atoms with Gasteiger partial charge in [0, 0.05) is 44.2 Å². The van der Waals surface area contributed by atoms with Gasteiger partial charge < -0.3 is 19.9 Å². The second-order valence-electron chi connectivity index (χ2n) is 6.74. The van der Waals surface area contributed by atoms with Crippen molar-refractivity contribution in [2.45, 2.75) is 19.9 Å². The molecule has 0 aromatic heterocycles. The summed E-state index contributed by atoms with van der Waals surface area (Å²) in [6, 6.07) is 6.35. The monoisotopic (exact) mass is 306 g/mol. The fourth-order valence-electron chi connectivity index (χ4n) is 3.41. The number of fused-ring (bicyclic) bond motifs is 1. The molecule has 1 atom stereocenters. The maximum atomic E-state index is 9.90. The van der Waals surface area contributed by atoms with Crippen LogP contribution in [0.3, 0.4) is 0 Å². The second-order valence-corrected chi connectivity index (χ2v) is 6.74. The Hall–Kier alpha value is -1.30. The molecule has 3 rings (SSSR count). The van der Waals surface area contributed by atoms with E-state index in [0.29, 0.717) is 13.2 Å². The van der Waals surface area contributed by atoms with Gasteiger partial charge in [0.2, 0.25) is 0 Å². The van der Waals surface area contributed by atoms with E-state index in [1.807, 2.05) is 6.07 Å². The second kappa shape index (κ2) is 6.44. The highest BCUT2D eigenvalue weighted by atomic mass is 16.6. The summed E-state index contributed by atoms with van der Waals surface area (Å²) in [6.45, 7) is 9.55. The standard InChI is InChI=1S/C17H26N2O3/c1-17(2,12-20)16(19-7-5-18-6-8-19)13-3-4-14-15(11-13)22-10-9-21-14/h3-4,11,16,18,20H,5-10,12H2,1-2H3/t16-/m0/s1. The van der Waals surface area contributed by atoms with Crippen molar-refractivity contribution in [3.8, 4) is 11.5 Å². The van der Waals surface area contributed by atoms with Crippen LogP contribution in [0.15, 0.2) is 18.2 Å². The Morgan fingerprint density at radius 3 is 2.55 bits per heavy atom. The van der Waals surface area contributed by atoms with E-state index in [2.05, 4.69) is 36.2 Å². The van der Waals surface area contributed by atoms with Crippen LogP contribution in [-0.4, -0.2) is 56.0 Å². The molecular formula is C17H26N2O3. The fraction of sp³-hybridized carbons (Fsp3) is 0.647. The topological polar surface area (TPSA) is 54.0 Å². The molecule has 2 aliphatic rings. The lowest BCUT2D eigenvalue weighted by atomic mass is 9.79. The van der Waals surface area contributed by atoms with Crippen molar-refractivity contribution in [2.75, 3.05) is 46.0 Å². The van der Waals surface area contributed by atoms with Crippen molar-refractivity contribution in [3.63, 3.8) is 0 Å². The molecule has 1 fully saturated rings. The molecule has 0 saturated carbocycles. The van der Waals surface area contributed by atoms with Crippen LogP contribution in [0, 0.1) is 5.41 Å². The smallest absolute Gasteiger partial charge is 0.161 e. The van der Waals surface area contributed by atoms with Gasteiger partial charge in [0.1, 0.15) is 13.2 Å². The van der Waals surface area contributed by atoms with Gasteiger partial charge in [-0.1, -0.05) is 19.9 Å². The maximum absolute atomic E-state index is 9.90. The van der Waals surface area contributed by atoms with E-state index >= 15 is 0 Å². The Balaban J connectivity index is 1.94. The van der Waals surface area contributed by atoms with Crippen molar-refractivity contribution in [3.05, 3.63) is 23.8 Å². The fourth-order valence-corrected chi connectivity index (χ4v) is 3.41. The SMILES string of the molecule is CC(C)(CO)[C@H](c1ccc2c(c1)OCCO2)N1CCNCC1. The molecule has 2 heterocycles. The third-order valence-electron chi connectivity index (χ3n) is 4.55. The maximum Gasteiger partial charge on any atom is 0.161 e. The summed E-state index contributed by atoms with van der Waals surface area (Å²) < 4.78 is 11.3. The first-order chi connectivity index (χ1) is 10.6. The van der Waals surface area contributed by atoms with Crippen LogP contribution in [0.2, 0.25) is 0 Å². The largest absolute Gasteiger partial charge is 0.486 e. The average Bonchev–Trinajstić information content (AvgIpc) is 2.56. The molecule has 2 aliphatic heterocycles. The molecule has 5 nitrogen and oxygen atoms in total. The summed E-state index contributed by atoms with van der Waals surface area (Å²) in [6.07, 6.45) is 0. The van der Waals surface area contributed by atoms with E-state index < -0.39 is 0 Å². The van der Waals surface area contributed by atoms with Gasteiger partial charge in [0.25, 0.3) is 0 Å². The molecule has 0 unspecified atom stereocenters. The zero-order chi connectivity index (χ0) is 15.6. The van der Waals surface area contributed by atoms with Crippen molar-refractivity contribution >= 4 is 0 Å². The van der Waals surface area contributed by atoms with Crippen LogP contribution in [0.5, 0.6) is 11.5 Å². The summed E-state index contributed by atoms with van der Waals surface area (Å²) >= 11 is 0. The van der Waals surface area contributed by atoms with Crippen molar-refractivity contribution < 1.29 is 14.6 Å². The van der Waals surface area contributed by atoms with Gasteiger partial charge in [0.15, 0.2) is 11.5 Å². The van der Waals surface area contributed by atoms with Gasteiger partial charge in [-0.2, -0.15) is 0 Å². The van der Waals surface area contributed by atoms with Crippen molar-refractivity contribution in [1.29, 1.82) is 0 Å². The Labute approximate surface area is 132 Å². The highest BCUT2D eigenvalue weighted by Crippen LogP contribution is 2.41. The predicted octanol–water partition coefficient (Wildman–Crippen LogP) is 1.42. The number of aliphatic hydroxyl groups excluding tert-OH is 1. The van der Waals surface area contributed by atoms with Gasteiger partial charge in [-0.05, 0) is 17.7 Å². The molecule has 1 saturated heterocycles. The van der Waals surface area contributed by atoms with Gasteiger partial charge in [-0.3, -0.25) is 4.90 Å². The molecule has 22 heavy (non-hydrogen) atoms. The molecule has 2 N–H and O–H groups in total. The van der Waals surface area contributed by atoms with Gasteiger partial charge in [-0.25, -0.2) is 0 Å². The van der Waals surface area contributed by atoms with E-state index in [-0.39, 0.29) is 18.1 Å². The number of hydrogen-bond acceptors (Lipinski definition) is 5. The minimum atomic E-state index is -0.221. The van der Waals surface area contributed by atoms with E-state index in [1.54, 1.807) is 0 Å². The summed E-state index contributed by atoms with van der Waals surface area (Å²) in [5.74, 6) is 1.63. The lowest BCUT2D eigenvalue weighted by molar-refractivity contribution is 0.0302. The Kier molecular flexibility index (Phi) is 4.57. The number of nitrogens with one attached hydrogen (secondary N) is 1. The van der Waals surface area contributed by atoms with Gasteiger partial charge in [0.05, 0.1) is 0 Å². The van der Waals surface area contributed by atoms with E-state index in [1.165, 1.54) is 5.56 Å². The Morgan fingerprint density at radius 1 is 1.18 bits per heavy atom. The molecule has 122 valence electrons. The third-order valence-corrected chi connectivity index (χ3v) is 4.55. The minimum Gasteiger partial charge on any atom is -0.486 e. The van der Waals surface area contributed by atoms with Crippen LogP contribution in [0.25, 0.3) is 0 Å². The number of aliphatic hydroxyl groups is 1. The molecule has 0 bridgehead atoms. The molecule has 1 aromatic rings. The average molecular weight is 306 g/mol. The molecule has 5 heteroatoms. The number of rotatable bonds is 4. The van der Waals surface area contributed by atoms with Crippen LogP contribution in [0.4, 0.5) is 0 Å². The first-order valence-corrected chi connectivity index (χ1v) is 8.07. The summed E-state index contributed by atoms with van der Waals surface area (Å²) in [5.41, 5.74) is 0.964. The highest BCUT2D eigenvalue weighted by Gasteiger charge is 2.36. The Morgan fingerprint density at radius 2 is 1.86 bits per heavy atom. The normalized spacial score (nSPS) is 20.7. The quantitative estimate of drug-likeness (QED) is 0.881. The minimum absolute atomic E-state index is 0.149. The summed E-state index contributed by atoms with van der Waals surface area (Å²) in [7, 11) is 0. The number of benzene rings is 1. The van der Waals surface area contributed by atoms with E-state index in [9.17, 15) is 5.11 Å². The number of nitrogens with zero attached hydrogens (tertiary/aromatic N) is 1. The molecule has 1 aromatic carbocycles. The van der Waals surface area contributed by atoms with Crippen LogP contribution >= 0.6 is 0 Å². The Bertz CT molecular complexity index is 513. The zero-order valence-electron chi connectivity index (χ0n) is 13.5. The first kappa shape index (κ1) is 15.6. The zero-order valence-corrected chi connectivity index (χ0v) is 13.5. The molecule has 0 radical (unpaired) electrons. The molecular weight excluding hydrogens is 280 g/mol. The van der Waals surface area contributed by atoms with Crippen LogP contribution in [0.1, 0.15) is 25.5 Å². The van der Waals surface area contributed by atoms with Crippen LogP contribution < -0.4 is 14.8 Å². The van der Waals surface area contributed by atoms with Gasteiger partial charge in [-0.15, -0.1) is 0 Å². The number of ether oxygens (including phenoxy) is 2. The third kappa shape index (κ3) is 3.07. The van der Waals surface area contributed by atoms with Gasteiger partial charge >= 0.3 is 0 Å². The van der Waals surface area contributed by atoms with Crippen molar-refractivity contribution in [2.24, 2.45) is 5.41 Å². The summed E-state index contributed by atoms with van der Waals surface area (Å²) in [4.78, 5) is 2.46. The lowest BCUT2D eigenvalue weighted by Gasteiger charge is -2.43. The van der Waals surface area contributed by atoms with Crippen LogP contribution in [-0.2, 0) is 0 Å². The molecule has 0 spiro atoms. The first-order valence-electron chi connectivity index (χ1n) is 8.07. The molecule has 0 amide bonds. The van der Waals surface area contributed by atoms with E-state index in [4.69, 9.17) is 9.47 Å². The number of hydrogen-bond donors (Lipinski definition) is 2. The number of piperazine rings is 1. The molecule has 0 aliphatic carbocycles. The lowest BCUT2D eigenvalue weighted by Crippen LogP contribution is -2.49. The highest BCUT2D eigenvalue weighted by molar-refractivity contribution is 5.45. The van der Waals surface area contributed by atoms with E-state index in [0.717, 1.165) is 37.7 Å². The van der Waals surface area contributed by atoms with Crippen molar-refractivity contribution in [1.82, 2.24) is 10.2 Å². The predicted molar refractivity (Wildman–Crippen MR) is 85.5 cm³/mol.